The molecule has 140 valence electrons. The van der Waals surface area contributed by atoms with Crippen LogP contribution in [0.2, 0.25) is 0 Å². The van der Waals surface area contributed by atoms with E-state index in [1.54, 1.807) is 39.5 Å². The van der Waals surface area contributed by atoms with Crippen molar-refractivity contribution in [1.29, 1.82) is 0 Å². The molecule has 5 nitrogen and oxygen atoms in total. The minimum absolute atomic E-state index is 0.175. The van der Waals surface area contributed by atoms with Crippen molar-refractivity contribution in [3.8, 4) is 17.2 Å². The molecule has 0 N–H and O–H groups in total. The summed E-state index contributed by atoms with van der Waals surface area (Å²) in [6, 6.07) is 11.0. The highest BCUT2D eigenvalue weighted by molar-refractivity contribution is 9.10. The van der Waals surface area contributed by atoms with Gasteiger partial charge in [0.15, 0.2) is 15.8 Å². The van der Waals surface area contributed by atoms with Crippen molar-refractivity contribution in [2.24, 2.45) is 0 Å². The van der Waals surface area contributed by atoms with E-state index < -0.39 is 0 Å². The van der Waals surface area contributed by atoms with Gasteiger partial charge in [-0.15, -0.1) is 0 Å². The molecule has 1 heterocycles. The molecule has 8 heteroatoms. The molecule has 3 rings (SSSR count). The van der Waals surface area contributed by atoms with Crippen molar-refractivity contribution in [3.05, 3.63) is 51.3 Å². The number of rotatable bonds is 5. The first-order valence-electron chi connectivity index (χ1n) is 7.82. The van der Waals surface area contributed by atoms with Crippen LogP contribution in [0.5, 0.6) is 17.2 Å². The SMILES string of the molecule is COc1cc(/C=C2\SC(=S)N(c3ccccc3Br)C2=O)cc(OC)c1OC. The molecule has 2 aromatic rings. The van der Waals surface area contributed by atoms with E-state index in [0.717, 1.165) is 10.0 Å². The van der Waals surface area contributed by atoms with Gasteiger partial charge >= 0.3 is 0 Å². The fourth-order valence-corrected chi connectivity index (χ4v) is 4.39. The molecule has 27 heavy (non-hydrogen) atoms. The molecule has 1 aliphatic rings. The lowest BCUT2D eigenvalue weighted by molar-refractivity contribution is -0.113. The summed E-state index contributed by atoms with van der Waals surface area (Å²) in [5, 5.41) is 0. The number of halogens is 1. The fourth-order valence-electron chi connectivity index (χ4n) is 2.64. The lowest BCUT2D eigenvalue weighted by atomic mass is 10.1. The first-order valence-corrected chi connectivity index (χ1v) is 9.84. The second-order valence-electron chi connectivity index (χ2n) is 5.43. The summed E-state index contributed by atoms with van der Waals surface area (Å²) in [4.78, 5) is 15.0. The van der Waals surface area contributed by atoms with E-state index >= 15 is 0 Å². The van der Waals surface area contributed by atoms with Crippen LogP contribution in [-0.4, -0.2) is 31.6 Å². The van der Waals surface area contributed by atoms with Gasteiger partial charge in [-0.25, -0.2) is 0 Å². The van der Waals surface area contributed by atoms with Crippen LogP contribution < -0.4 is 19.1 Å². The lowest BCUT2D eigenvalue weighted by Crippen LogP contribution is -2.27. The van der Waals surface area contributed by atoms with Crippen LogP contribution in [0, 0.1) is 0 Å². The molecule has 0 aromatic heterocycles. The number of thiocarbonyl (C=S) groups is 1. The van der Waals surface area contributed by atoms with Crippen molar-refractivity contribution in [3.63, 3.8) is 0 Å². The number of nitrogens with zero attached hydrogens (tertiary/aromatic N) is 1. The average Bonchev–Trinajstić information content (AvgIpc) is 2.94. The number of carbonyl (C=O) groups is 1. The Morgan fingerprint density at radius 1 is 1.07 bits per heavy atom. The molecular formula is C19H16BrNO4S2. The summed E-state index contributed by atoms with van der Waals surface area (Å²) in [6.45, 7) is 0. The van der Waals surface area contributed by atoms with Gasteiger partial charge in [-0.05, 0) is 51.8 Å². The molecule has 1 saturated heterocycles. The van der Waals surface area contributed by atoms with Gasteiger partial charge < -0.3 is 14.2 Å². The summed E-state index contributed by atoms with van der Waals surface area (Å²) in [5.41, 5.74) is 1.46. The molecule has 1 aliphatic heterocycles. The second kappa shape index (κ2) is 8.33. The van der Waals surface area contributed by atoms with Crippen molar-refractivity contribution in [2.75, 3.05) is 26.2 Å². The fraction of sp³-hybridized carbons (Fsp3) is 0.158. The molecule has 0 atom stereocenters. The number of thioether (sulfide) groups is 1. The molecule has 0 unspecified atom stereocenters. The zero-order valence-corrected chi connectivity index (χ0v) is 18.0. The third-order valence-electron chi connectivity index (χ3n) is 3.87. The highest BCUT2D eigenvalue weighted by Crippen LogP contribution is 2.42. The molecule has 0 aliphatic carbocycles. The molecular weight excluding hydrogens is 450 g/mol. The van der Waals surface area contributed by atoms with Crippen LogP contribution in [0.1, 0.15) is 5.56 Å². The van der Waals surface area contributed by atoms with Gasteiger partial charge in [0, 0.05) is 4.47 Å². The van der Waals surface area contributed by atoms with E-state index in [2.05, 4.69) is 15.9 Å². The van der Waals surface area contributed by atoms with Gasteiger partial charge in [0.05, 0.1) is 31.9 Å². The predicted molar refractivity (Wildman–Crippen MR) is 116 cm³/mol. The minimum atomic E-state index is -0.175. The summed E-state index contributed by atoms with van der Waals surface area (Å²) in [7, 11) is 4.64. The second-order valence-corrected chi connectivity index (χ2v) is 7.96. The first kappa shape index (κ1) is 19.7. The van der Waals surface area contributed by atoms with Gasteiger partial charge in [-0.1, -0.05) is 36.1 Å². The Bertz CT molecular complexity index is 920. The number of ether oxygens (including phenoxy) is 3. The van der Waals surface area contributed by atoms with Gasteiger partial charge in [0.2, 0.25) is 5.75 Å². The third-order valence-corrected chi connectivity index (χ3v) is 5.84. The number of hydrogen-bond donors (Lipinski definition) is 0. The van der Waals surface area contributed by atoms with Crippen LogP contribution in [0.25, 0.3) is 6.08 Å². The lowest BCUT2D eigenvalue weighted by Gasteiger charge is -2.16. The molecule has 1 fully saturated rings. The Labute approximate surface area is 175 Å². The van der Waals surface area contributed by atoms with Gasteiger partial charge in [-0.2, -0.15) is 0 Å². The molecule has 0 saturated carbocycles. The molecule has 1 amide bonds. The summed E-state index contributed by atoms with van der Waals surface area (Å²) < 4.78 is 17.4. The quantitative estimate of drug-likeness (QED) is 0.463. The number of hydrogen-bond acceptors (Lipinski definition) is 6. The number of anilines is 1. The van der Waals surface area contributed by atoms with E-state index in [9.17, 15) is 4.79 Å². The van der Waals surface area contributed by atoms with Crippen LogP contribution in [0.4, 0.5) is 5.69 Å². The molecule has 0 radical (unpaired) electrons. The number of methoxy groups -OCH3 is 3. The Morgan fingerprint density at radius 2 is 1.70 bits per heavy atom. The third kappa shape index (κ3) is 3.83. The number of carbonyl (C=O) groups excluding carboxylic acids is 1. The maximum atomic E-state index is 12.9. The van der Waals surface area contributed by atoms with Crippen LogP contribution in [0.15, 0.2) is 45.8 Å². The van der Waals surface area contributed by atoms with Crippen molar-refractivity contribution >= 4 is 61.9 Å². The predicted octanol–water partition coefficient (Wildman–Crippen LogP) is 4.88. The van der Waals surface area contributed by atoms with Crippen LogP contribution in [-0.2, 0) is 4.79 Å². The summed E-state index contributed by atoms with van der Waals surface area (Å²) in [6.07, 6.45) is 1.76. The van der Waals surface area contributed by atoms with Gasteiger partial charge in [-0.3, -0.25) is 9.69 Å². The number of amides is 1. The molecule has 2 aromatic carbocycles. The first-order chi connectivity index (χ1) is 13.0. The maximum Gasteiger partial charge on any atom is 0.270 e. The number of benzene rings is 2. The van der Waals surface area contributed by atoms with Crippen LogP contribution >= 0.6 is 39.9 Å². The van der Waals surface area contributed by atoms with Crippen molar-refractivity contribution < 1.29 is 19.0 Å². The smallest absolute Gasteiger partial charge is 0.270 e. The monoisotopic (exact) mass is 465 g/mol. The highest BCUT2D eigenvalue weighted by atomic mass is 79.9. The van der Waals surface area contributed by atoms with E-state index in [1.807, 2.05) is 24.3 Å². The summed E-state index contributed by atoms with van der Waals surface area (Å²) in [5.74, 6) is 1.36. The van der Waals surface area contributed by atoms with Crippen LogP contribution in [0.3, 0.4) is 0 Å². The molecule has 0 bridgehead atoms. The van der Waals surface area contributed by atoms with E-state index in [0.29, 0.717) is 32.2 Å². The minimum Gasteiger partial charge on any atom is -0.493 e. The van der Waals surface area contributed by atoms with E-state index in [-0.39, 0.29) is 5.91 Å². The Hall–Kier alpha value is -2.03. The van der Waals surface area contributed by atoms with Crippen molar-refractivity contribution in [1.82, 2.24) is 0 Å². The Balaban J connectivity index is 2.00. The van der Waals surface area contributed by atoms with E-state index in [1.165, 1.54) is 16.7 Å². The highest BCUT2D eigenvalue weighted by Gasteiger charge is 2.34. The topological polar surface area (TPSA) is 48.0 Å². The van der Waals surface area contributed by atoms with E-state index in [4.69, 9.17) is 26.4 Å². The average molecular weight is 466 g/mol. The zero-order chi connectivity index (χ0) is 19.6. The largest absolute Gasteiger partial charge is 0.493 e. The number of para-hydroxylation sites is 1. The maximum absolute atomic E-state index is 12.9. The van der Waals surface area contributed by atoms with Gasteiger partial charge in [0.1, 0.15) is 0 Å². The molecule has 0 spiro atoms. The Morgan fingerprint density at radius 3 is 2.26 bits per heavy atom. The normalized spacial score (nSPS) is 15.4. The summed E-state index contributed by atoms with van der Waals surface area (Å²) >= 11 is 10.2. The standard InChI is InChI=1S/C19H16BrNO4S2/c1-23-14-8-11(9-15(24-2)17(14)25-3)10-16-18(22)21(19(26)27-16)13-7-5-4-6-12(13)20/h4-10H,1-3H3/b16-10-. The Kier molecular flexibility index (Phi) is 6.08. The zero-order valence-electron chi connectivity index (χ0n) is 14.8. The van der Waals surface area contributed by atoms with Crippen molar-refractivity contribution in [2.45, 2.75) is 0 Å². The van der Waals surface area contributed by atoms with Gasteiger partial charge in [0.25, 0.3) is 5.91 Å².